The molecule has 9 heteroatoms. The molecule has 1 saturated heterocycles. The predicted molar refractivity (Wildman–Crippen MR) is 143 cm³/mol. The molecule has 0 saturated carbocycles. The largest absolute Gasteiger partial charge is 0.493 e. The van der Waals surface area contributed by atoms with E-state index in [1.807, 2.05) is 31.2 Å². The molecule has 0 bridgehead atoms. The van der Waals surface area contributed by atoms with Gasteiger partial charge in [-0.25, -0.2) is 9.37 Å². The second kappa shape index (κ2) is 10.8. The van der Waals surface area contributed by atoms with Gasteiger partial charge in [0.2, 0.25) is 0 Å². The number of ether oxygens (including phenoxy) is 1. The second-order valence-corrected chi connectivity index (χ2v) is 11.1. The number of rotatable bonds is 7. The highest BCUT2D eigenvalue weighted by molar-refractivity contribution is 7.99. The van der Waals surface area contributed by atoms with E-state index < -0.39 is 0 Å². The van der Waals surface area contributed by atoms with Gasteiger partial charge in [-0.1, -0.05) is 23.1 Å². The maximum atomic E-state index is 13.6. The fourth-order valence-corrected chi connectivity index (χ4v) is 6.41. The molecule has 1 N–H and O–H groups in total. The van der Waals surface area contributed by atoms with Gasteiger partial charge in [0, 0.05) is 29.2 Å². The van der Waals surface area contributed by atoms with E-state index in [9.17, 15) is 9.65 Å². The standard InChI is InChI=1S/C27H26FN5OS2/c1-17-12-20(28)5-10-23(17)35-24-19(13-29)14-30-26-25(24)36-27(32-26)31-21-6-8-22(9-7-21)34-16-18-4-3-11-33(2)15-18/h5-10,12,14,18H,3-4,11,15-16H2,1-2H3,(H,30,31,32). The van der Waals surface area contributed by atoms with Crippen LogP contribution in [-0.2, 0) is 0 Å². The number of nitrogens with one attached hydrogen (secondary N) is 1. The van der Waals surface area contributed by atoms with Gasteiger partial charge in [-0.15, -0.1) is 0 Å². The highest BCUT2D eigenvalue weighted by Gasteiger charge is 2.18. The SMILES string of the molecule is Cc1cc(F)ccc1Sc1c(C#N)cnc2nc(Nc3ccc(OCC4CCCN(C)C4)cc3)sc12. The van der Waals surface area contributed by atoms with Crippen LogP contribution in [0.4, 0.5) is 15.2 Å². The van der Waals surface area contributed by atoms with Crippen LogP contribution < -0.4 is 10.1 Å². The highest BCUT2D eigenvalue weighted by Crippen LogP contribution is 2.41. The zero-order valence-corrected chi connectivity index (χ0v) is 21.8. The molecule has 2 aromatic carbocycles. The van der Waals surface area contributed by atoms with E-state index in [1.165, 1.54) is 54.6 Å². The molecule has 1 atom stereocenters. The fraction of sp³-hybridized carbons (Fsp3) is 0.296. The van der Waals surface area contributed by atoms with Crippen LogP contribution in [0.2, 0.25) is 0 Å². The summed E-state index contributed by atoms with van der Waals surface area (Å²) in [6.45, 7) is 4.84. The zero-order valence-electron chi connectivity index (χ0n) is 20.1. The van der Waals surface area contributed by atoms with Gasteiger partial charge in [-0.3, -0.25) is 0 Å². The first-order valence-corrected chi connectivity index (χ1v) is 13.4. The summed E-state index contributed by atoms with van der Waals surface area (Å²) in [5, 5.41) is 13.7. The Bertz CT molecular complexity index is 1420. The number of piperidine rings is 1. The number of hydrogen-bond acceptors (Lipinski definition) is 8. The topological polar surface area (TPSA) is 74.1 Å². The predicted octanol–water partition coefficient (Wildman–Crippen LogP) is 6.63. The monoisotopic (exact) mass is 519 g/mol. The number of aromatic nitrogens is 2. The van der Waals surface area contributed by atoms with Gasteiger partial charge in [0.1, 0.15) is 17.6 Å². The van der Waals surface area contributed by atoms with Gasteiger partial charge in [-0.2, -0.15) is 10.2 Å². The molecule has 0 aliphatic carbocycles. The lowest BCUT2D eigenvalue weighted by Crippen LogP contribution is -2.34. The molecule has 0 spiro atoms. The lowest BCUT2D eigenvalue weighted by Gasteiger charge is -2.29. The van der Waals surface area contributed by atoms with E-state index in [0.29, 0.717) is 22.3 Å². The molecule has 6 nitrogen and oxygen atoms in total. The second-order valence-electron chi connectivity index (χ2n) is 9.03. The molecule has 0 amide bonds. The molecule has 2 aromatic heterocycles. The number of aryl methyl sites for hydroxylation is 1. The van der Waals surface area contributed by atoms with E-state index >= 15 is 0 Å². The summed E-state index contributed by atoms with van der Waals surface area (Å²) in [6, 6.07) is 14.8. The van der Waals surface area contributed by atoms with Crippen molar-refractivity contribution in [2.45, 2.75) is 29.6 Å². The number of nitriles is 1. The summed E-state index contributed by atoms with van der Waals surface area (Å²) >= 11 is 2.88. The number of hydrogen-bond donors (Lipinski definition) is 1. The van der Waals surface area contributed by atoms with Crippen molar-refractivity contribution >= 4 is 44.3 Å². The summed E-state index contributed by atoms with van der Waals surface area (Å²) in [5.74, 6) is 1.15. The van der Waals surface area contributed by atoms with Crippen molar-refractivity contribution in [2.75, 3.05) is 32.1 Å². The van der Waals surface area contributed by atoms with Crippen LogP contribution in [0.3, 0.4) is 0 Å². The number of fused-ring (bicyclic) bond motifs is 1. The van der Waals surface area contributed by atoms with Gasteiger partial charge in [-0.05, 0) is 81.4 Å². The Hall–Kier alpha value is -3.19. The van der Waals surface area contributed by atoms with Crippen LogP contribution in [0.25, 0.3) is 10.3 Å². The van der Waals surface area contributed by atoms with Crippen molar-refractivity contribution in [3.63, 3.8) is 0 Å². The number of pyridine rings is 1. The van der Waals surface area contributed by atoms with Crippen molar-refractivity contribution in [3.05, 3.63) is 65.6 Å². The van der Waals surface area contributed by atoms with Gasteiger partial charge < -0.3 is 15.0 Å². The van der Waals surface area contributed by atoms with Crippen molar-refractivity contribution < 1.29 is 9.13 Å². The smallest absolute Gasteiger partial charge is 0.189 e. The van der Waals surface area contributed by atoms with Crippen LogP contribution in [0, 0.1) is 30.0 Å². The zero-order chi connectivity index (χ0) is 25.1. The summed E-state index contributed by atoms with van der Waals surface area (Å²) in [5.41, 5.74) is 2.75. The molecule has 36 heavy (non-hydrogen) atoms. The van der Waals surface area contributed by atoms with E-state index in [4.69, 9.17) is 4.74 Å². The first-order valence-electron chi connectivity index (χ1n) is 11.8. The highest BCUT2D eigenvalue weighted by atomic mass is 32.2. The Morgan fingerprint density at radius 2 is 2.11 bits per heavy atom. The average molecular weight is 520 g/mol. The van der Waals surface area contributed by atoms with Gasteiger partial charge in [0.15, 0.2) is 10.8 Å². The molecule has 0 radical (unpaired) electrons. The third-order valence-corrected chi connectivity index (χ3v) is 8.57. The molecular formula is C27H26FN5OS2. The number of nitrogens with zero attached hydrogens (tertiary/aromatic N) is 4. The first kappa shape index (κ1) is 24.5. The number of benzene rings is 2. The molecule has 1 fully saturated rings. The Kier molecular flexibility index (Phi) is 7.37. The Labute approximate surface area is 218 Å². The third kappa shape index (κ3) is 5.62. The number of thiazole rings is 1. The molecule has 4 aromatic rings. The normalized spacial score (nSPS) is 16.1. The van der Waals surface area contributed by atoms with Gasteiger partial charge >= 0.3 is 0 Å². The molecule has 5 rings (SSSR count). The lowest BCUT2D eigenvalue weighted by molar-refractivity contribution is 0.150. The van der Waals surface area contributed by atoms with Crippen LogP contribution in [0.1, 0.15) is 24.0 Å². The Morgan fingerprint density at radius 1 is 1.28 bits per heavy atom. The molecule has 3 heterocycles. The van der Waals surface area contributed by atoms with Crippen LogP contribution >= 0.6 is 23.1 Å². The third-order valence-electron chi connectivity index (χ3n) is 6.16. The minimum atomic E-state index is -0.278. The summed E-state index contributed by atoms with van der Waals surface area (Å²) < 4.78 is 20.4. The van der Waals surface area contributed by atoms with Crippen LogP contribution in [0.15, 0.2) is 58.5 Å². The van der Waals surface area contributed by atoms with E-state index in [1.54, 1.807) is 12.3 Å². The van der Waals surface area contributed by atoms with Crippen molar-refractivity contribution in [1.29, 1.82) is 5.26 Å². The van der Waals surface area contributed by atoms with Crippen LogP contribution in [-0.4, -0.2) is 41.6 Å². The average Bonchev–Trinajstić information content (AvgIpc) is 3.28. The Morgan fingerprint density at radius 3 is 2.86 bits per heavy atom. The number of halogens is 1. The summed E-state index contributed by atoms with van der Waals surface area (Å²) in [7, 11) is 2.16. The molecule has 1 aliphatic rings. The summed E-state index contributed by atoms with van der Waals surface area (Å²) in [4.78, 5) is 13.0. The maximum absolute atomic E-state index is 13.6. The minimum absolute atomic E-state index is 0.278. The van der Waals surface area contributed by atoms with E-state index in [0.717, 1.165) is 44.6 Å². The molecule has 184 valence electrons. The Balaban J connectivity index is 1.31. The maximum Gasteiger partial charge on any atom is 0.189 e. The molecular weight excluding hydrogens is 493 g/mol. The lowest BCUT2D eigenvalue weighted by atomic mass is 10.00. The van der Waals surface area contributed by atoms with E-state index in [-0.39, 0.29) is 5.82 Å². The molecule has 1 unspecified atom stereocenters. The number of likely N-dealkylation sites (tertiary alicyclic amines) is 1. The van der Waals surface area contributed by atoms with E-state index in [2.05, 4.69) is 33.3 Å². The summed E-state index contributed by atoms with van der Waals surface area (Å²) in [6.07, 6.45) is 3.98. The van der Waals surface area contributed by atoms with Crippen molar-refractivity contribution in [2.24, 2.45) is 5.92 Å². The van der Waals surface area contributed by atoms with Gasteiger partial charge in [0.25, 0.3) is 0 Å². The van der Waals surface area contributed by atoms with Gasteiger partial charge in [0.05, 0.1) is 21.8 Å². The minimum Gasteiger partial charge on any atom is -0.493 e. The first-order chi connectivity index (χ1) is 17.5. The van der Waals surface area contributed by atoms with Crippen molar-refractivity contribution in [1.82, 2.24) is 14.9 Å². The van der Waals surface area contributed by atoms with Crippen molar-refractivity contribution in [3.8, 4) is 11.8 Å². The number of anilines is 2. The fourth-order valence-electron chi connectivity index (χ4n) is 4.31. The molecule has 1 aliphatic heterocycles. The van der Waals surface area contributed by atoms with Crippen LogP contribution in [0.5, 0.6) is 5.75 Å². The quantitative estimate of drug-likeness (QED) is 0.294.